The number of hydrogen-bond acceptors (Lipinski definition) is 5. The Morgan fingerprint density at radius 2 is 2.12 bits per heavy atom. The van der Waals surface area contributed by atoms with E-state index in [1.807, 2.05) is 36.3 Å². The van der Waals surface area contributed by atoms with Gasteiger partial charge in [0.25, 0.3) is 5.91 Å². The average molecular weight is 345 g/mol. The number of nitrogens with zero attached hydrogens (tertiary/aromatic N) is 3. The van der Waals surface area contributed by atoms with Crippen molar-refractivity contribution in [2.45, 2.75) is 39.7 Å². The van der Waals surface area contributed by atoms with Gasteiger partial charge in [-0.15, -0.1) is 11.3 Å². The molecule has 1 saturated heterocycles. The second-order valence-corrected chi connectivity index (χ2v) is 7.43. The number of ether oxygens (including phenoxy) is 1. The van der Waals surface area contributed by atoms with Gasteiger partial charge in [-0.05, 0) is 31.9 Å². The molecule has 0 N–H and O–H groups in total. The maximum Gasteiger partial charge on any atom is 0.254 e. The van der Waals surface area contributed by atoms with Crippen molar-refractivity contribution in [3.8, 4) is 0 Å². The molecule has 6 heteroatoms. The van der Waals surface area contributed by atoms with Crippen molar-refractivity contribution in [1.82, 2.24) is 14.9 Å². The van der Waals surface area contributed by atoms with Crippen LogP contribution < -0.4 is 0 Å². The minimum atomic E-state index is -0.189. The Kier molecular flexibility index (Phi) is 4.96. The number of carbonyl (C=O) groups excluding carboxylic acids is 1. The van der Waals surface area contributed by atoms with Crippen molar-refractivity contribution < 1.29 is 9.53 Å². The maximum absolute atomic E-state index is 12.8. The Balaban J connectivity index is 1.76. The van der Waals surface area contributed by atoms with Crippen molar-refractivity contribution in [1.29, 1.82) is 0 Å². The fourth-order valence-corrected chi connectivity index (χ4v) is 3.77. The number of thiophene rings is 1. The van der Waals surface area contributed by atoms with E-state index in [1.54, 1.807) is 11.3 Å². The van der Waals surface area contributed by atoms with Crippen molar-refractivity contribution in [2.75, 3.05) is 19.7 Å². The van der Waals surface area contributed by atoms with Crippen LogP contribution in [-0.4, -0.2) is 40.5 Å². The predicted molar refractivity (Wildman–Crippen MR) is 94.5 cm³/mol. The van der Waals surface area contributed by atoms with Gasteiger partial charge in [-0.2, -0.15) is 0 Å². The molecule has 0 unspecified atom stereocenters. The number of aryl methyl sites for hydroxylation is 2. The zero-order valence-electron chi connectivity index (χ0n) is 14.6. The standard InChI is InChI=1S/C18H23N3O2S/c1-11(2)17-8-14(10-24-17)18(22)21-5-6-23-16(9-21)15-7-12(3)19-13(4)20-15/h7-8,10-11,16H,5-6,9H2,1-4H3/t16-/m0/s1. The van der Waals surface area contributed by atoms with Gasteiger partial charge in [0.05, 0.1) is 24.4 Å². The van der Waals surface area contributed by atoms with Gasteiger partial charge < -0.3 is 9.64 Å². The molecule has 0 radical (unpaired) electrons. The third kappa shape index (κ3) is 3.65. The van der Waals surface area contributed by atoms with Gasteiger partial charge in [0.15, 0.2) is 0 Å². The predicted octanol–water partition coefficient (Wildman–Crippen LogP) is 3.49. The summed E-state index contributed by atoms with van der Waals surface area (Å²) in [4.78, 5) is 24.7. The lowest BCUT2D eigenvalue weighted by Gasteiger charge is -2.32. The molecular weight excluding hydrogens is 322 g/mol. The first-order valence-corrected chi connectivity index (χ1v) is 9.13. The molecule has 2 aromatic heterocycles. The molecule has 24 heavy (non-hydrogen) atoms. The van der Waals surface area contributed by atoms with E-state index in [0.717, 1.165) is 22.8 Å². The summed E-state index contributed by atoms with van der Waals surface area (Å²) in [5, 5.41) is 1.96. The lowest BCUT2D eigenvalue weighted by molar-refractivity contribution is -0.0248. The van der Waals surface area contributed by atoms with Gasteiger partial charge in [0.2, 0.25) is 0 Å². The van der Waals surface area contributed by atoms with E-state index < -0.39 is 0 Å². The lowest BCUT2D eigenvalue weighted by Crippen LogP contribution is -2.42. The van der Waals surface area contributed by atoms with E-state index in [-0.39, 0.29) is 12.0 Å². The van der Waals surface area contributed by atoms with Gasteiger partial charge in [-0.1, -0.05) is 13.8 Å². The Morgan fingerprint density at radius 1 is 1.33 bits per heavy atom. The third-order valence-corrected chi connectivity index (χ3v) is 5.34. The summed E-state index contributed by atoms with van der Waals surface area (Å²) in [7, 11) is 0. The van der Waals surface area contributed by atoms with Crippen LogP contribution in [-0.2, 0) is 4.74 Å². The summed E-state index contributed by atoms with van der Waals surface area (Å²) < 4.78 is 5.85. The van der Waals surface area contributed by atoms with E-state index >= 15 is 0 Å². The molecule has 3 rings (SSSR count). The van der Waals surface area contributed by atoms with E-state index in [1.165, 1.54) is 4.88 Å². The quantitative estimate of drug-likeness (QED) is 0.854. The summed E-state index contributed by atoms with van der Waals surface area (Å²) >= 11 is 1.65. The summed E-state index contributed by atoms with van der Waals surface area (Å²) in [6.07, 6.45) is -0.189. The highest BCUT2D eigenvalue weighted by atomic mass is 32.1. The molecule has 128 valence electrons. The lowest BCUT2D eigenvalue weighted by atomic mass is 10.1. The first-order chi connectivity index (χ1) is 11.4. The number of carbonyl (C=O) groups is 1. The Labute approximate surface area is 146 Å². The normalized spacial score (nSPS) is 18.2. The monoisotopic (exact) mass is 345 g/mol. The van der Waals surface area contributed by atoms with Crippen LogP contribution in [0.25, 0.3) is 0 Å². The minimum absolute atomic E-state index is 0.0777. The summed E-state index contributed by atoms with van der Waals surface area (Å²) in [6, 6.07) is 3.95. The molecule has 1 atom stereocenters. The molecule has 1 fully saturated rings. The second-order valence-electron chi connectivity index (χ2n) is 6.48. The molecule has 0 bridgehead atoms. The zero-order chi connectivity index (χ0) is 17.3. The van der Waals surface area contributed by atoms with Crippen LogP contribution in [0.5, 0.6) is 0 Å². The molecule has 2 aromatic rings. The highest BCUT2D eigenvalue weighted by molar-refractivity contribution is 7.10. The summed E-state index contributed by atoms with van der Waals surface area (Å²) in [5.41, 5.74) is 2.55. The smallest absolute Gasteiger partial charge is 0.254 e. The molecular formula is C18H23N3O2S. The third-order valence-electron chi connectivity index (χ3n) is 4.11. The maximum atomic E-state index is 12.8. The van der Waals surface area contributed by atoms with Crippen molar-refractivity contribution in [3.05, 3.63) is 45.2 Å². The van der Waals surface area contributed by atoms with E-state index in [2.05, 4.69) is 23.8 Å². The number of aromatic nitrogens is 2. The van der Waals surface area contributed by atoms with Crippen molar-refractivity contribution in [2.24, 2.45) is 0 Å². The summed E-state index contributed by atoms with van der Waals surface area (Å²) in [6.45, 7) is 9.78. The van der Waals surface area contributed by atoms with Crippen molar-refractivity contribution in [3.63, 3.8) is 0 Å². The van der Waals surface area contributed by atoms with Crippen LogP contribution >= 0.6 is 11.3 Å². The largest absolute Gasteiger partial charge is 0.368 e. The Morgan fingerprint density at radius 3 is 2.79 bits per heavy atom. The number of rotatable bonds is 3. The first kappa shape index (κ1) is 17.0. The molecule has 1 amide bonds. The molecule has 3 heterocycles. The van der Waals surface area contributed by atoms with E-state index in [0.29, 0.717) is 25.6 Å². The number of morpholine rings is 1. The molecule has 0 aromatic carbocycles. The van der Waals surface area contributed by atoms with Gasteiger partial charge in [-0.25, -0.2) is 9.97 Å². The SMILES string of the molecule is Cc1cc([C@@H]2CN(C(=O)c3csc(C(C)C)c3)CCO2)nc(C)n1. The van der Waals surface area contributed by atoms with Crippen molar-refractivity contribution >= 4 is 17.2 Å². The zero-order valence-corrected chi connectivity index (χ0v) is 15.4. The molecule has 5 nitrogen and oxygen atoms in total. The van der Waals surface area contributed by atoms with Gasteiger partial charge in [-0.3, -0.25) is 4.79 Å². The average Bonchev–Trinajstić information content (AvgIpc) is 3.03. The van der Waals surface area contributed by atoms with E-state index in [4.69, 9.17) is 4.74 Å². The van der Waals surface area contributed by atoms with Gasteiger partial charge in [0.1, 0.15) is 11.9 Å². The first-order valence-electron chi connectivity index (χ1n) is 8.25. The fraction of sp³-hybridized carbons (Fsp3) is 0.500. The van der Waals surface area contributed by atoms with Crippen LogP contribution in [0.3, 0.4) is 0 Å². The molecule has 1 aliphatic heterocycles. The number of hydrogen-bond donors (Lipinski definition) is 0. The van der Waals surface area contributed by atoms with Crippen LogP contribution in [0, 0.1) is 13.8 Å². The second kappa shape index (κ2) is 6.99. The van der Waals surface area contributed by atoms with Crippen LogP contribution in [0.1, 0.15) is 58.3 Å². The van der Waals surface area contributed by atoms with Gasteiger partial charge in [0, 0.05) is 22.5 Å². The topological polar surface area (TPSA) is 55.3 Å². The molecule has 0 saturated carbocycles. The highest BCUT2D eigenvalue weighted by Crippen LogP contribution is 2.26. The summed E-state index contributed by atoms with van der Waals surface area (Å²) in [5.74, 6) is 1.26. The molecule has 1 aliphatic rings. The van der Waals surface area contributed by atoms with Gasteiger partial charge >= 0.3 is 0 Å². The van der Waals surface area contributed by atoms with E-state index in [9.17, 15) is 4.79 Å². The Hall–Kier alpha value is -1.79. The van der Waals surface area contributed by atoms with Crippen LogP contribution in [0.15, 0.2) is 17.5 Å². The Bertz CT molecular complexity index is 721. The molecule has 0 spiro atoms. The highest BCUT2D eigenvalue weighted by Gasteiger charge is 2.28. The number of amides is 1. The molecule has 0 aliphatic carbocycles. The fourth-order valence-electron chi connectivity index (χ4n) is 2.87. The minimum Gasteiger partial charge on any atom is -0.368 e. The van der Waals surface area contributed by atoms with Crippen LogP contribution in [0.4, 0.5) is 0 Å². The van der Waals surface area contributed by atoms with Crippen LogP contribution in [0.2, 0.25) is 0 Å².